The highest BCUT2D eigenvalue weighted by Crippen LogP contribution is 2.22. The average molecular weight is 333 g/mol. The number of hydrogen-bond donors (Lipinski definition) is 2. The fraction of sp³-hybridized carbons (Fsp3) is 0.278. The van der Waals surface area contributed by atoms with Crippen LogP contribution in [-0.2, 0) is 13.0 Å². The number of para-hydroxylation sites is 1. The number of ether oxygens (including phenoxy) is 1. The summed E-state index contributed by atoms with van der Waals surface area (Å²) in [6, 6.07) is 13.4. The molecular formula is C18H21ClN2O2. The lowest BCUT2D eigenvalue weighted by Gasteiger charge is -2.18. The van der Waals surface area contributed by atoms with Gasteiger partial charge in [0, 0.05) is 12.2 Å². The summed E-state index contributed by atoms with van der Waals surface area (Å²) in [7, 11) is 0. The van der Waals surface area contributed by atoms with E-state index in [1.807, 2.05) is 37.3 Å². The lowest BCUT2D eigenvalue weighted by molar-refractivity contribution is 0.102. The van der Waals surface area contributed by atoms with Crippen LogP contribution < -0.4 is 15.4 Å². The van der Waals surface area contributed by atoms with Crippen molar-refractivity contribution in [1.29, 1.82) is 0 Å². The Kier molecular flexibility index (Phi) is 6.02. The zero-order valence-corrected chi connectivity index (χ0v) is 13.9. The topological polar surface area (TPSA) is 50.4 Å². The molecule has 0 aliphatic carbocycles. The molecule has 0 unspecified atom stereocenters. The SMILES string of the molecule is CCOc1ccccc1C(=O)Nc1ccc2c(c1)CNCC2.Cl. The van der Waals surface area contributed by atoms with E-state index in [-0.39, 0.29) is 18.3 Å². The summed E-state index contributed by atoms with van der Waals surface area (Å²) in [5.74, 6) is 0.467. The summed E-state index contributed by atoms with van der Waals surface area (Å²) in [6.07, 6.45) is 1.04. The molecule has 0 saturated carbocycles. The Balaban J connectivity index is 0.00000192. The van der Waals surface area contributed by atoms with Gasteiger partial charge in [0.25, 0.3) is 5.91 Å². The van der Waals surface area contributed by atoms with Gasteiger partial charge < -0.3 is 15.4 Å². The van der Waals surface area contributed by atoms with Crippen molar-refractivity contribution in [2.24, 2.45) is 0 Å². The average Bonchev–Trinajstić information content (AvgIpc) is 2.55. The molecule has 2 N–H and O–H groups in total. The minimum absolute atomic E-state index is 0. The maximum atomic E-state index is 12.5. The molecule has 0 spiro atoms. The molecule has 2 aromatic rings. The molecule has 1 amide bonds. The molecule has 1 heterocycles. The molecule has 0 fully saturated rings. The Morgan fingerprint density at radius 2 is 2.04 bits per heavy atom. The van der Waals surface area contributed by atoms with E-state index in [9.17, 15) is 4.79 Å². The van der Waals surface area contributed by atoms with Gasteiger partial charge in [-0.05, 0) is 55.3 Å². The Labute approximate surface area is 142 Å². The first-order chi connectivity index (χ1) is 10.8. The first-order valence-electron chi connectivity index (χ1n) is 7.63. The first kappa shape index (κ1) is 17.3. The fourth-order valence-corrected chi connectivity index (χ4v) is 2.69. The van der Waals surface area contributed by atoms with Gasteiger partial charge in [0.2, 0.25) is 0 Å². The minimum atomic E-state index is -0.146. The van der Waals surface area contributed by atoms with E-state index in [4.69, 9.17) is 4.74 Å². The van der Waals surface area contributed by atoms with Gasteiger partial charge in [0.15, 0.2) is 0 Å². The zero-order valence-electron chi connectivity index (χ0n) is 13.1. The van der Waals surface area contributed by atoms with Crippen LogP contribution in [0.15, 0.2) is 42.5 Å². The van der Waals surface area contributed by atoms with E-state index >= 15 is 0 Å². The summed E-state index contributed by atoms with van der Waals surface area (Å²) in [5.41, 5.74) is 3.98. The molecule has 1 aliphatic heterocycles. The van der Waals surface area contributed by atoms with Crippen LogP contribution in [0.3, 0.4) is 0 Å². The normalized spacial score (nSPS) is 12.7. The Bertz CT molecular complexity index is 688. The lowest BCUT2D eigenvalue weighted by atomic mass is 10.0. The number of benzene rings is 2. The Morgan fingerprint density at radius 1 is 1.22 bits per heavy atom. The number of rotatable bonds is 4. The maximum absolute atomic E-state index is 12.5. The second-order valence-electron chi connectivity index (χ2n) is 5.29. The quantitative estimate of drug-likeness (QED) is 0.902. The Morgan fingerprint density at radius 3 is 2.87 bits per heavy atom. The molecule has 0 saturated heterocycles. The smallest absolute Gasteiger partial charge is 0.259 e. The van der Waals surface area contributed by atoms with Crippen molar-refractivity contribution >= 4 is 24.0 Å². The van der Waals surface area contributed by atoms with Crippen LogP contribution in [0.4, 0.5) is 5.69 Å². The molecule has 2 aromatic carbocycles. The van der Waals surface area contributed by atoms with Crippen LogP contribution in [0.5, 0.6) is 5.75 Å². The number of amides is 1. The van der Waals surface area contributed by atoms with Crippen molar-refractivity contribution < 1.29 is 9.53 Å². The summed E-state index contributed by atoms with van der Waals surface area (Å²) in [4.78, 5) is 12.5. The molecule has 0 atom stereocenters. The summed E-state index contributed by atoms with van der Waals surface area (Å²) in [5, 5.41) is 6.31. The number of halogens is 1. The summed E-state index contributed by atoms with van der Waals surface area (Å²) in [6.45, 7) is 4.31. The molecule has 23 heavy (non-hydrogen) atoms. The fourth-order valence-electron chi connectivity index (χ4n) is 2.69. The molecule has 4 nitrogen and oxygen atoms in total. The highest BCUT2D eigenvalue weighted by Gasteiger charge is 2.14. The predicted molar refractivity (Wildman–Crippen MR) is 94.7 cm³/mol. The van der Waals surface area contributed by atoms with Gasteiger partial charge >= 0.3 is 0 Å². The highest BCUT2D eigenvalue weighted by molar-refractivity contribution is 6.06. The highest BCUT2D eigenvalue weighted by atomic mass is 35.5. The zero-order chi connectivity index (χ0) is 15.4. The van der Waals surface area contributed by atoms with E-state index in [2.05, 4.69) is 16.7 Å². The number of nitrogens with one attached hydrogen (secondary N) is 2. The molecule has 5 heteroatoms. The molecule has 0 bridgehead atoms. The van der Waals surface area contributed by atoms with Crippen LogP contribution in [0.2, 0.25) is 0 Å². The first-order valence-corrected chi connectivity index (χ1v) is 7.63. The van der Waals surface area contributed by atoms with Gasteiger partial charge in [-0.2, -0.15) is 0 Å². The largest absolute Gasteiger partial charge is 0.493 e. The van der Waals surface area contributed by atoms with Gasteiger partial charge in [-0.25, -0.2) is 0 Å². The van der Waals surface area contributed by atoms with Crippen LogP contribution in [0.25, 0.3) is 0 Å². The van der Waals surface area contributed by atoms with Crippen molar-refractivity contribution in [2.75, 3.05) is 18.5 Å². The third-order valence-corrected chi connectivity index (χ3v) is 3.78. The van der Waals surface area contributed by atoms with Gasteiger partial charge in [-0.15, -0.1) is 12.4 Å². The van der Waals surface area contributed by atoms with Gasteiger partial charge in [0.1, 0.15) is 5.75 Å². The Hall–Kier alpha value is -2.04. The minimum Gasteiger partial charge on any atom is -0.493 e. The summed E-state index contributed by atoms with van der Waals surface area (Å²) >= 11 is 0. The van der Waals surface area contributed by atoms with Crippen molar-refractivity contribution in [3.63, 3.8) is 0 Å². The molecule has 0 aromatic heterocycles. The third kappa shape index (κ3) is 4.03. The van der Waals surface area contributed by atoms with Gasteiger partial charge in [0.05, 0.1) is 12.2 Å². The van der Waals surface area contributed by atoms with Crippen molar-refractivity contribution in [2.45, 2.75) is 19.9 Å². The number of hydrogen-bond acceptors (Lipinski definition) is 3. The number of carbonyl (C=O) groups excluding carboxylic acids is 1. The molecule has 1 aliphatic rings. The van der Waals surface area contributed by atoms with Crippen LogP contribution in [-0.4, -0.2) is 19.1 Å². The van der Waals surface area contributed by atoms with Crippen LogP contribution in [0.1, 0.15) is 28.4 Å². The standard InChI is InChI=1S/C18H20N2O2.ClH/c1-2-22-17-6-4-3-5-16(17)18(21)20-15-8-7-13-9-10-19-12-14(13)11-15;/h3-8,11,19H,2,9-10,12H2,1H3,(H,20,21);1H. The van der Waals surface area contributed by atoms with E-state index in [1.165, 1.54) is 11.1 Å². The third-order valence-electron chi connectivity index (χ3n) is 3.78. The predicted octanol–water partition coefficient (Wildman–Crippen LogP) is 3.41. The number of anilines is 1. The molecule has 3 rings (SSSR count). The lowest BCUT2D eigenvalue weighted by Crippen LogP contribution is -2.23. The van der Waals surface area contributed by atoms with Gasteiger partial charge in [-0.3, -0.25) is 4.79 Å². The van der Waals surface area contributed by atoms with E-state index in [0.717, 1.165) is 25.2 Å². The van der Waals surface area contributed by atoms with Crippen LogP contribution in [0, 0.1) is 0 Å². The van der Waals surface area contributed by atoms with E-state index < -0.39 is 0 Å². The molecular weight excluding hydrogens is 312 g/mol. The monoisotopic (exact) mass is 332 g/mol. The van der Waals surface area contributed by atoms with Crippen molar-refractivity contribution in [3.8, 4) is 5.75 Å². The molecule has 0 radical (unpaired) electrons. The van der Waals surface area contributed by atoms with Gasteiger partial charge in [-0.1, -0.05) is 18.2 Å². The summed E-state index contributed by atoms with van der Waals surface area (Å²) < 4.78 is 5.52. The van der Waals surface area contributed by atoms with Crippen LogP contribution >= 0.6 is 12.4 Å². The second-order valence-corrected chi connectivity index (χ2v) is 5.29. The number of fused-ring (bicyclic) bond motifs is 1. The number of carbonyl (C=O) groups is 1. The maximum Gasteiger partial charge on any atom is 0.259 e. The van der Waals surface area contributed by atoms with Crippen molar-refractivity contribution in [1.82, 2.24) is 5.32 Å². The van der Waals surface area contributed by atoms with Crippen molar-refractivity contribution in [3.05, 3.63) is 59.2 Å². The molecule has 122 valence electrons. The van der Waals surface area contributed by atoms with E-state index in [1.54, 1.807) is 6.07 Å². The second kappa shape index (κ2) is 7.99. The van der Waals surface area contributed by atoms with E-state index in [0.29, 0.717) is 17.9 Å².